The lowest BCUT2D eigenvalue weighted by molar-refractivity contribution is -0.113. The second kappa shape index (κ2) is 6.60. The van der Waals surface area contributed by atoms with Crippen molar-refractivity contribution in [2.45, 2.75) is 0 Å². The molecule has 1 fully saturated rings. The number of halogens is 1. The van der Waals surface area contributed by atoms with Gasteiger partial charge in [-0.2, -0.15) is 0 Å². The number of hydrogen-bond acceptors (Lipinski definition) is 4. The molecular formula is C17H12BrNO3S. The summed E-state index contributed by atoms with van der Waals surface area (Å²) in [7, 11) is 1.51. The standard InChI is InChI=1S/C17H12BrNO3S/c1-22-14-5-3-2-4-13(14)19-16(20)15(23-17(19)21)10-11-6-8-12(18)9-7-11/h2-10H,1H3/b15-10-. The van der Waals surface area contributed by atoms with Crippen molar-refractivity contribution in [2.75, 3.05) is 12.0 Å². The lowest BCUT2D eigenvalue weighted by Crippen LogP contribution is -2.28. The van der Waals surface area contributed by atoms with Crippen LogP contribution in [0.4, 0.5) is 10.5 Å². The number of nitrogens with zero attached hydrogens (tertiary/aromatic N) is 1. The molecule has 2 aromatic carbocycles. The van der Waals surface area contributed by atoms with Gasteiger partial charge in [0.2, 0.25) is 0 Å². The van der Waals surface area contributed by atoms with Gasteiger partial charge in [-0.3, -0.25) is 9.59 Å². The van der Waals surface area contributed by atoms with Crippen LogP contribution in [-0.4, -0.2) is 18.3 Å². The first kappa shape index (κ1) is 15.8. The van der Waals surface area contributed by atoms with Gasteiger partial charge in [0.05, 0.1) is 17.7 Å². The number of thioether (sulfide) groups is 1. The molecule has 0 aliphatic carbocycles. The van der Waals surface area contributed by atoms with Crippen LogP contribution in [0.5, 0.6) is 5.75 Å². The van der Waals surface area contributed by atoms with Gasteiger partial charge in [0.1, 0.15) is 5.75 Å². The maximum absolute atomic E-state index is 12.6. The Bertz CT molecular complexity index is 802. The maximum atomic E-state index is 12.6. The fourth-order valence-electron chi connectivity index (χ4n) is 2.20. The van der Waals surface area contributed by atoms with Gasteiger partial charge in [0.25, 0.3) is 11.1 Å². The molecule has 1 saturated heterocycles. The van der Waals surface area contributed by atoms with Crippen LogP contribution in [0.15, 0.2) is 57.9 Å². The highest BCUT2D eigenvalue weighted by Crippen LogP contribution is 2.39. The summed E-state index contributed by atoms with van der Waals surface area (Å²) in [4.78, 5) is 26.4. The molecule has 0 radical (unpaired) electrons. The molecule has 0 spiro atoms. The minimum Gasteiger partial charge on any atom is -0.495 e. The van der Waals surface area contributed by atoms with E-state index in [1.165, 1.54) is 7.11 Å². The van der Waals surface area contributed by atoms with Gasteiger partial charge < -0.3 is 4.74 Å². The molecule has 23 heavy (non-hydrogen) atoms. The fourth-order valence-corrected chi connectivity index (χ4v) is 3.30. The Morgan fingerprint density at radius 3 is 2.48 bits per heavy atom. The molecule has 2 amide bonds. The van der Waals surface area contributed by atoms with Crippen LogP contribution in [0, 0.1) is 0 Å². The van der Waals surface area contributed by atoms with Gasteiger partial charge in [0.15, 0.2) is 0 Å². The molecule has 3 rings (SSSR count). The number of carbonyl (C=O) groups excluding carboxylic acids is 2. The van der Waals surface area contributed by atoms with Crippen LogP contribution in [-0.2, 0) is 4.79 Å². The number of ether oxygens (including phenoxy) is 1. The average Bonchev–Trinajstić information content (AvgIpc) is 2.83. The molecule has 6 heteroatoms. The summed E-state index contributed by atoms with van der Waals surface area (Å²) in [6.45, 7) is 0. The maximum Gasteiger partial charge on any atom is 0.298 e. The summed E-state index contributed by atoms with van der Waals surface area (Å²) in [5, 5.41) is -0.331. The molecule has 1 aliphatic heterocycles. The Hall–Kier alpha value is -2.05. The quantitative estimate of drug-likeness (QED) is 0.713. The summed E-state index contributed by atoms with van der Waals surface area (Å²) in [5.41, 5.74) is 1.32. The first-order valence-electron chi connectivity index (χ1n) is 6.76. The first-order valence-corrected chi connectivity index (χ1v) is 8.37. The lowest BCUT2D eigenvalue weighted by atomic mass is 10.2. The minimum absolute atomic E-state index is 0.331. The Morgan fingerprint density at radius 2 is 1.78 bits per heavy atom. The van der Waals surface area contributed by atoms with Gasteiger partial charge in [-0.25, -0.2) is 4.90 Å². The number of anilines is 1. The van der Waals surface area contributed by atoms with Gasteiger partial charge >= 0.3 is 0 Å². The Morgan fingerprint density at radius 1 is 1.09 bits per heavy atom. The van der Waals surface area contributed by atoms with Crippen molar-refractivity contribution in [1.29, 1.82) is 0 Å². The first-order chi connectivity index (χ1) is 11.1. The SMILES string of the molecule is COc1ccccc1N1C(=O)S/C(=C\c2ccc(Br)cc2)C1=O. The van der Waals surface area contributed by atoms with Gasteiger partial charge in [-0.1, -0.05) is 40.2 Å². The largest absolute Gasteiger partial charge is 0.495 e. The molecule has 0 atom stereocenters. The molecule has 0 aromatic heterocycles. The summed E-state index contributed by atoms with van der Waals surface area (Å²) in [6.07, 6.45) is 1.72. The summed E-state index contributed by atoms with van der Waals surface area (Å²) >= 11 is 4.29. The number of methoxy groups -OCH3 is 1. The van der Waals surface area contributed by atoms with E-state index in [0.717, 1.165) is 26.7 Å². The predicted molar refractivity (Wildman–Crippen MR) is 95.6 cm³/mol. The second-order valence-corrected chi connectivity index (χ2v) is 6.65. The number of imide groups is 1. The van der Waals surface area contributed by atoms with Gasteiger partial charge in [-0.15, -0.1) is 0 Å². The van der Waals surface area contributed by atoms with E-state index in [4.69, 9.17) is 4.74 Å². The zero-order valence-corrected chi connectivity index (χ0v) is 14.6. The highest BCUT2D eigenvalue weighted by atomic mass is 79.9. The Labute approximate surface area is 146 Å². The zero-order chi connectivity index (χ0) is 16.4. The van der Waals surface area contributed by atoms with Gasteiger partial charge in [-0.05, 0) is 47.7 Å². The number of carbonyl (C=O) groups is 2. The van der Waals surface area contributed by atoms with E-state index < -0.39 is 0 Å². The monoisotopic (exact) mass is 389 g/mol. The Balaban J connectivity index is 1.95. The predicted octanol–water partition coefficient (Wildman–Crippen LogP) is 4.70. The van der Waals surface area contributed by atoms with Crippen LogP contribution in [0.1, 0.15) is 5.56 Å². The minimum atomic E-state index is -0.340. The van der Waals surface area contributed by atoms with Crippen molar-refractivity contribution < 1.29 is 14.3 Å². The van der Waals surface area contributed by atoms with Crippen molar-refractivity contribution in [2.24, 2.45) is 0 Å². The zero-order valence-electron chi connectivity index (χ0n) is 12.2. The molecule has 0 unspecified atom stereocenters. The van der Waals surface area contributed by atoms with Crippen molar-refractivity contribution in [3.05, 3.63) is 63.5 Å². The van der Waals surface area contributed by atoms with Crippen LogP contribution < -0.4 is 9.64 Å². The third-order valence-electron chi connectivity index (χ3n) is 3.29. The van der Waals surface area contributed by atoms with Crippen molar-refractivity contribution in [3.8, 4) is 5.75 Å². The molecule has 0 saturated carbocycles. The fraction of sp³-hybridized carbons (Fsp3) is 0.0588. The highest BCUT2D eigenvalue weighted by molar-refractivity contribution is 9.10. The van der Waals surface area contributed by atoms with Crippen LogP contribution >= 0.6 is 27.7 Å². The number of para-hydroxylation sites is 2. The third kappa shape index (κ3) is 3.18. The molecule has 0 N–H and O–H groups in total. The van der Waals surface area contributed by atoms with Crippen molar-refractivity contribution >= 4 is 50.6 Å². The highest BCUT2D eigenvalue weighted by Gasteiger charge is 2.37. The number of benzene rings is 2. The number of amides is 2. The molecule has 2 aromatic rings. The number of hydrogen-bond donors (Lipinski definition) is 0. The van der Waals surface area contributed by atoms with Crippen LogP contribution in [0.3, 0.4) is 0 Å². The number of rotatable bonds is 3. The smallest absolute Gasteiger partial charge is 0.298 e. The summed E-state index contributed by atoms with van der Waals surface area (Å²) < 4.78 is 6.20. The normalized spacial score (nSPS) is 16.3. The van der Waals surface area contributed by atoms with E-state index in [0.29, 0.717) is 16.3 Å². The molecule has 1 heterocycles. The van der Waals surface area contributed by atoms with Crippen LogP contribution in [0.25, 0.3) is 6.08 Å². The van der Waals surface area contributed by atoms with E-state index in [-0.39, 0.29) is 11.1 Å². The summed E-state index contributed by atoms with van der Waals surface area (Å²) in [5.74, 6) is 0.145. The molecule has 4 nitrogen and oxygen atoms in total. The molecule has 0 bridgehead atoms. The topological polar surface area (TPSA) is 46.6 Å². The van der Waals surface area contributed by atoms with Crippen molar-refractivity contribution in [1.82, 2.24) is 0 Å². The lowest BCUT2D eigenvalue weighted by Gasteiger charge is -2.15. The Kier molecular flexibility index (Phi) is 4.54. The van der Waals surface area contributed by atoms with E-state index in [9.17, 15) is 9.59 Å². The second-order valence-electron chi connectivity index (χ2n) is 4.74. The molecule has 1 aliphatic rings. The van der Waals surface area contributed by atoms with Gasteiger partial charge in [0, 0.05) is 4.47 Å². The van der Waals surface area contributed by atoms with E-state index >= 15 is 0 Å². The summed E-state index contributed by atoms with van der Waals surface area (Å²) in [6, 6.07) is 14.5. The average molecular weight is 390 g/mol. The van der Waals surface area contributed by atoms with E-state index in [1.54, 1.807) is 30.3 Å². The van der Waals surface area contributed by atoms with E-state index in [1.807, 2.05) is 24.3 Å². The molecule has 116 valence electrons. The van der Waals surface area contributed by atoms with Crippen molar-refractivity contribution in [3.63, 3.8) is 0 Å². The van der Waals surface area contributed by atoms with E-state index in [2.05, 4.69) is 15.9 Å². The third-order valence-corrected chi connectivity index (χ3v) is 4.69. The molecular weight excluding hydrogens is 378 g/mol. The van der Waals surface area contributed by atoms with Crippen LogP contribution in [0.2, 0.25) is 0 Å².